The summed E-state index contributed by atoms with van der Waals surface area (Å²) in [6.45, 7) is 4.29. The molecular weight excluding hydrogens is 242 g/mol. The number of ketones is 1. The van der Waals surface area contributed by atoms with Gasteiger partial charge in [0.15, 0.2) is 11.7 Å². The number of guanidine groups is 1. The number of rotatable bonds is 7. The van der Waals surface area contributed by atoms with E-state index in [9.17, 15) is 4.79 Å². The van der Waals surface area contributed by atoms with E-state index in [1.165, 1.54) is 0 Å². The second-order valence-electron chi connectivity index (χ2n) is 3.79. The van der Waals surface area contributed by atoms with Crippen LogP contribution in [0.1, 0.15) is 20.3 Å². The first-order valence-electron chi connectivity index (χ1n) is 5.21. The highest BCUT2D eigenvalue weighted by atomic mass is 31.0. The Balaban J connectivity index is 4.32. The highest BCUT2D eigenvalue weighted by Gasteiger charge is 2.21. The van der Waals surface area contributed by atoms with Crippen molar-refractivity contribution in [3.05, 3.63) is 0 Å². The lowest BCUT2D eigenvalue weighted by Crippen LogP contribution is -2.43. The highest BCUT2D eigenvalue weighted by molar-refractivity contribution is 7.19. The standard InChI is InChI=1S/C9H22N4OP2/c1-5(15)8(14)7(13-6(2)16)3-4-12-9(10)11/h5-7,13H,3-4,15-16H2,1-2H3,(H4,10,11,12). The molecule has 0 radical (unpaired) electrons. The summed E-state index contributed by atoms with van der Waals surface area (Å²) in [6.07, 6.45) is 0.605. The second kappa shape index (κ2) is 7.94. The third-order valence-corrected chi connectivity index (χ3v) is 2.49. The van der Waals surface area contributed by atoms with Gasteiger partial charge in [-0.25, -0.2) is 0 Å². The molecule has 0 rings (SSSR count). The molecule has 0 amide bonds. The molecule has 0 aliphatic carbocycles. The van der Waals surface area contributed by atoms with Crippen molar-refractivity contribution in [1.29, 1.82) is 0 Å². The van der Waals surface area contributed by atoms with E-state index in [2.05, 4.69) is 28.8 Å². The molecule has 0 heterocycles. The molecule has 0 saturated carbocycles. The Bertz CT molecular complexity index is 252. The fourth-order valence-corrected chi connectivity index (χ4v) is 1.73. The Labute approximate surface area is 102 Å². The van der Waals surface area contributed by atoms with E-state index in [4.69, 9.17) is 11.5 Å². The first-order valence-corrected chi connectivity index (χ1v) is 6.54. The van der Waals surface area contributed by atoms with Gasteiger partial charge in [-0.3, -0.25) is 9.79 Å². The molecule has 5 atom stereocenters. The van der Waals surface area contributed by atoms with Gasteiger partial charge in [0, 0.05) is 18.0 Å². The molecule has 0 aromatic carbocycles. The Hall–Kier alpha value is -0.240. The molecule has 16 heavy (non-hydrogen) atoms. The van der Waals surface area contributed by atoms with Crippen LogP contribution in [0.25, 0.3) is 0 Å². The fourth-order valence-electron chi connectivity index (χ4n) is 1.27. The summed E-state index contributed by atoms with van der Waals surface area (Å²) in [5.41, 5.74) is 10.4. The third kappa shape index (κ3) is 7.10. The van der Waals surface area contributed by atoms with Crippen LogP contribution in [0.4, 0.5) is 0 Å². The van der Waals surface area contributed by atoms with Crippen molar-refractivity contribution in [1.82, 2.24) is 5.32 Å². The number of aliphatic imine (C=N–C) groups is 1. The zero-order valence-corrected chi connectivity index (χ0v) is 12.1. The van der Waals surface area contributed by atoms with Gasteiger partial charge in [-0.1, -0.05) is 6.92 Å². The van der Waals surface area contributed by atoms with Crippen LogP contribution in [0.3, 0.4) is 0 Å². The molecule has 7 heteroatoms. The van der Waals surface area contributed by atoms with Gasteiger partial charge in [0.2, 0.25) is 0 Å². The molecule has 0 aliphatic rings. The predicted molar refractivity (Wildman–Crippen MR) is 75.6 cm³/mol. The monoisotopic (exact) mass is 264 g/mol. The van der Waals surface area contributed by atoms with Crippen LogP contribution in [0.5, 0.6) is 0 Å². The minimum atomic E-state index is -0.205. The van der Waals surface area contributed by atoms with Crippen LogP contribution in [-0.2, 0) is 4.79 Å². The molecule has 0 aromatic heterocycles. The number of carbonyl (C=O) groups excluding carboxylic acids is 1. The van der Waals surface area contributed by atoms with Crippen LogP contribution in [0.15, 0.2) is 4.99 Å². The highest BCUT2D eigenvalue weighted by Crippen LogP contribution is 2.08. The summed E-state index contributed by atoms with van der Waals surface area (Å²) in [6, 6.07) is -0.205. The number of hydrogen-bond donors (Lipinski definition) is 3. The summed E-state index contributed by atoms with van der Waals surface area (Å²) in [5, 5.41) is 3.18. The van der Waals surface area contributed by atoms with Crippen LogP contribution < -0.4 is 16.8 Å². The van der Waals surface area contributed by atoms with E-state index >= 15 is 0 Å². The first-order chi connectivity index (χ1) is 7.34. The Morgan fingerprint density at radius 2 is 1.94 bits per heavy atom. The largest absolute Gasteiger partial charge is 0.370 e. The van der Waals surface area contributed by atoms with E-state index in [0.717, 1.165) is 0 Å². The van der Waals surface area contributed by atoms with Crippen LogP contribution in [0.2, 0.25) is 0 Å². The minimum absolute atomic E-state index is 0.0593. The van der Waals surface area contributed by atoms with Gasteiger partial charge in [-0.15, -0.1) is 18.5 Å². The summed E-state index contributed by atoms with van der Waals surface area (Å²) < 4.78 is 0. The number of nitrogens with zero attached hydrogens (tertiary/aromatic N) is 1. The van der Waals surface area contributed by atoms with Crippen molar-refractivity contribution in [3.8, 4) is 0 Å². The van der Waals surface area contributed by atoms with Crippen LogP contribution >= 0.6 is 18.5 Å². The molecular formula is C9H22N4OP2. The van der Waals surface area contributed by atoms with Gasteiger partial charge in [0.1, 0.15) is 0 Å². The zero-order chi connectivity index (χ0) is 12.7. The molecule has 5 nitrogen and oxygen atoms in total. The molecule has 0 aromatic rings. The average Bonchev–Trinajstić information content (AvgIpc) is 2.13. The molecule has 94 valence electrons. The van der Waals surface area contributed by atoms with Gasteiger partial charge in [0.25, 0.3) is 0 Å². The lowest BCUT2D eigenvalue weighted by Gasteiger charge is -2.21. The van der Waals surface area contributed by atoms with Gasteiger partial charge in [0.05, 0.1) is 6.04 Å². The fraction of sp³-hybridized carbons (Fsp3) is 0.778. The van der Waals surface area contributed by atoms with Crippen molar-refractivity contribution in [2.75, 3.05) is 6.54 Å². The van der Waals surface area contributed by atoms with Crippen molar-refractivity contribution in [3.63, 3.8) is 0 Å². The molecule has 0 fully saturated rings. The Morgan fingerprint density at radius 1 is 1.38 bits per heavy atom. The van der Waals surface area contributed by atoms with E-state index in [1.807, 2.05) is 13.8 Å². The summed E-state index contributed by atoms with van der Waals surface area (Å²) >= 11 is 0. The summed E-state index contributed by atoms with van der Waals surface area (Å²) in [4.78, 5) is 15.7. The normalized spacial score (nSPS) is 16.2. The number of nitrogens with one attached hydrogen (secondary N) is 1. The lowest BCUT2D eigenvalue weighted by molar-refractivity contribution is -0.120. The first kappa shape index (κ1) is 15.8. The molecule has 5 N–H and O–H groups in total. The third-order valence-electron chi connectivity index (χ3n) is 1.97. The number of Topliss-reactive ketones (excluding diaryl/α,β-unsaturated/α-hetero) is 1. The van der Waals surface area contributed by atoms with E-state index < -0.39 is 0 Å². The molecule has 0 aliphatic heterocycles. The second-order valence-corrected chi connectivity index (χ2v) is 5.79. The molecule has 0 saturated heterocycles. The quantitative estimate of drug-likeness (QED) is 0.333. The number of carbonyl (C=O) groups is 1. The van der Waals surface area contributed by atoms with E-state index in [-0.39, 0.29) is 29.2 Å². The van der Waals surface area contributed by atoms with Gasteiger partial charge >= 0.3 is 0 Å². The van der Waals surface area contributed by atoms with Gasteiger partial charge in [-0.2, -0.15) is 0 Å². The van der Waals surface area contributed by atoms with Crippen LogP contribution in [0, 0.1) is 0 Å². The van der Waals surface area contributed by atoms with Crippen molar-refractivity contribution in [2.45, 2.75) is 37.8 Å². The van der Waals surface area contributed by atoms with Crippen molar-refractivity contribution >= 4 is 30.2 Å². The van der Waals surface area contributed by atoms with E-state index in [1.54, 1.807) is 0 Å². The zero-order valence-electron chi connectivity index (χ0n) is 9.81. The summed E-state index contributed by atoms with van der Waals surface area (Å²) in [7, 11) is 5.11. The smallest absolute Gasteiger partial charge is 0.185 e. The van der Waals surface area contributed by atoms with E-state index in [0.29, 0.717) is 13.0 Å². The van der Waals surface area contributed by atoms with Crippen molar-refractivity contribution < 1.29 is 4.79 Å². The number of nitrogens with two attached hydrogens (primary N) is 2. The lowest BCUT2D eigenvalue weighted by atomic mass is 10.1. The average molecular weight is 264 g/mol. The predicted octanol–water partition coefficient (Wildman–Crippen LogP) is -0.338. The topological polar surface area (TPSA) is 93.5 Å². The Morgan fingerprint density at radius 3 is 2.31 bits per heavy atom. The summed E-state index contributed by atoms with van der Waals surface area (Å²) in [5.74, 6) is 0.394. The maximum absolute atomic E-state index is 11.9. The molecule has 0 spiro atoms. The molecule has 0 bridgehead atoms. The Kier molecular flexibility index (Phi) is 7.82. The van der Waals surface area contributed by atoms with Crippen molar-refractivity contribution in [2.24, 2.45) is 16.5 Å². The maximum Gasteiger partial charge on any atom is 0.185 e. The maximum atomic E-state index is 11.9. The SMILES string of the molecule is CC(P)NC(CCN=C(N)N)C(=O)C(C)P. The minimum Gasteiger partial charge on any atom is -0.370 e. The number of hydrogen-bond acceptors (Lipinski definition) is 3. The molecule has 5 unspecified atom stereocenters. The van der Waals surface area contributed by atoms with Gasteiger partial charge < -0.3 is 16.8 Å². The van der Waals surface area contributed by atoms with Crippen LogP contribution in [-0.4, -0.2) is 35.8 Å². The van der Waals surface area contributed by atoms with Gasteiger partial charge in [-0.05, 0) is 13.3 Å².